The van der Waals surface area contributed by atoms with E-state index in [9.17, 15) is 9.18 Å². The van der Waals surface area contributed by atoms with Gasteiger partial charge in [-0.3, -0.25) is 9.69 Å². The van der Waals surface area contributed by atoms with Crippen molar-refractivity contribution in [2.24, 2.45) is 5.92 Å². The monoisotopic (exact) mass is 576 g/mol. The van der Waals surface area contributed by atoms with Crippen LogP contribution in [-0.2, 0) is 16.0 Å². The topological polar surface area (TPSA) is 51.2 Å². The Morgan fingerprint density at radius 1 is 1.07 bits per heavy atom. The summed E-state index contributed by atoms with van der Waals surface area (Å²) < 4.78 is 31.8. The van der Waals surface area contributed by atoms with E-state index >= 15 is 0 Å². The van der Waals surface area contributed by atoms with Gasteiger partial charge >= 0.3 is 5.97 Å². The van der Waals surface area contributed by atoms with Gasteiger partial charge in [-0.1, -0.05) is 19.1 Å². The van der Waals surface area contributed by atoms with Gasteiger partial charge in [0, 0.05) is 32.6 Å². The van der Waals surface area contributed by atoms with E-state index in [1.807, 2.05) is 12.1 Å². The number of rotatable bonds is 10. The molecule has 0 radical (unpaired) electrons. The van der Waals surface area contributed by atoms with Crippen LogP contribution < -0.4 is 9.47 Å². The largest absolute Gasteiger partial charge is 0.481 e. The lowest BCUT2D eigenvalue weighted by atomic mass is 9.73. The lowest BCUT2D eigenvalue weighted by Crippen LogP contribution is -2.51. The van der Waals surface area contributed by atoms with E-state index in [2.05, 4.69) is 42.7 Å². The number of halogens is 1. The van der Waals surface area contributed by atoms with Crippen LogP contribution in [0.4, 0.5) is 4.39 Å². The first-order valence-electron chi connectivity index (χ1n) is 15.9. The van der Waals surface area contributed by atoms with Crippen molar-refractivity contribution in [2.75, 3.05) is 45.9 Å². The Morgan fingerprint density at radius 2 is 1.81 bits per heavy atom. The Morgan fingerprint density at radius 3 is 2.55 bits per heavy atom. The Kier molecular flexibility index (Phi) is 8.60. The van der Waals surface area contributed by atoms with Crippen molar-refractivity contribution < 1.29 is 23.4 Å². The first-order chi connectivity index (χ1) is 20.3. The standard InChI is InChI=1S/C35H45FN2O4/c1-24(6-4-7-25-9-11-28(36)12-10-25)27-22-29(41-31(39)8-5-15-37-18-20-40-21-19-37)33-30(23-27)42-35(2,3)34-32(33)26-13-16-38(34)17-14-26/h9-12,22-24,26H,4-8,13-21H2,1-3H3. The number of nitrogens with zero attached hydrogens (tertiary/aromatic N) is 2. The number of aryl methyl sites for hydroxylation is 1. The number of carbonyl (C=O) groups excluding carboxylic acids is 1. The van der Waals surface area contributed by atoms with Gasteiger partial charge in [0.25, 0.3) is 0 Å². The van der Waals surface area contributed by atoms with Crippen LogP contribution in [0.3, 0.4) is 0 Å². The van der Waals surface area contributed by atoms with E-state index in [0.29, 0.717) is 18.1 Å². The van der Waals surface area contributed by atoms with Crippen LogP contribution in [-0.4, -0.2) is 67.3 Å². The van der Waals surface area contributed by atoms with Gasteiger partial charge in [-0.25, -0.2) is 4.39 Å². The van der Waals surface area contributed by atoms with E-state index in [4.69, 9.17) is 14.2 Å². The second-order valence-electron chi connectivity index (χ2n) is 13.0. The van der Waals surface area contributed by atoms with Gasteiger partial charge in [-0.15, -0.1) is 0 Å². The van der Waals surface area contributed by atoms with Crippen molar-refractivity contribution in [1.29, 1.82) is 0 Å². The molecule has 0 amide bonds. The highest BCUT2D eigenvalue weighted by atomic mass is 19.1. The molecule has 2 bridgehead atoms. The molecule has 2 aromatic carbocycles. The zero-order valence-corrected chi connectivity index (χ0v) is 25.4. The Bertz CT molecular complexity index is 1310. The average Bonchev–Trinajstić information content (AvgIpc) is 2.98. The summed E-state index contributed by atoms with van der Waals surface area (Å²) in [4.78, 5) is 18.1. The number of hydrogen-bond donors (Lipinski definition) is 0. The average molecular weight is 577 g/mol. The van der Waals surface area contributed by atoms with Crippen LogP contribution in [0.2, 0.25) is 0 Å². The van der Waals surface area contributed by atoms with Gasteiger partial charge in [-0.05, 0) is 112 Å². The highest BCUT2D eigenvalue weighted by Crippen LogP contribution is 2.55. The van der Waals surface area contributed by atoms with Crippen molar-refractivity contribution in [1.82, 2.24) is 9.80 Å². The second kappa shape index (κ2) is 12.4. The molecule has 0 N–H and O–H groups in total. The highest BCUT2D eigenvalue weighted by Gasteiger charge is 2.47. The van der Waals surface area contributed by atoms with Crippen molar-refractivity contribution in [2.45, 2.75) is 77.2 Å². The molecule has 0 aliphatic carbocycles. The molecule has 5 aliphatic heterocycles. The molecule has 2 aromatic rings. The third-order valence-corrected chi connectivity index (χ3v) is 9.54. The van der Waals surface area contributed by atoms with Crippen LogP contribution in [0, 0.1) is 11.7 Å². The minimum Gasteiger partial charge on any atom is -0.481 e. The number of allylic oxidation sites excluding steroid dienone is 1. The lowest BCUT2D eigenvalue weighted by molar-refractivity contribution is -0.134. The Hall–Kier alpha value is -2.90. The molecule has 7 heteroatoms. The molecule has 1 atom stereocenters. The Labute approximate surface area is 249 Å². The number of ether oxygens (including phenoxy) is 3. The van der Waals surface area contributed by atoms with Crippen LogP contribution in [0.1, 0.15) is 81.9 Å². The summed E-state index contributed by atoms with van der Waals surface area (Å²) in [5.41, 5.74) is 5.42. The molecule has 0 saturated carbocycles. The molecule has 5 aliphatic rings. The van der Waals surface area contributed by atoms with Crippen molar-refractivity contribution >= 4 is 11.5 Å². The normalized spacial score (nSPS) is 20.6. The predicted octanol–water partition coefficient (Wildman–Crippen LogP) is 6.58. The summed E-state index contributed by atoms with van der Waals surface area (Å²) >= 11 is 0. The van der Waals surface area contributed by atoms with Crippen LogP contribution in [0.15, 0.2) is 42.1 Å². The molecular weight excluding hydrogens is 531 g/mol. The maximum Gasteiger partial charge on any atom is 0.311 e. The molecule has 226 valence electrons. The summed E-state index contributed by atoms with van der Waals surface area (Å²) in [7, 11) is 0. The molecule has 6 nitrogen and oxygen atoms in total. The van der Waals surface area contributed by atoms with Crippen molar-refractivity contribution in [3.8, 4) is 11.5 Å². The molecular formula is C35H45FN2O4. The van der Waals surface area contributed by atoms with E-state index in [0.717, 1.165) is 107 Å². The summed E-state index contributed by atoms with van der Waals surface area (Å²) in [6.45, 7) is 12.9. The molecule has 7 rings (SSSR count). The van der Waals surface area contributed by atoms with E-state index < -0.39 is 5.60 Å². The summed E-state index contributed by atoms with van der Waals surface area (Å²) in [5.74, 6) is 1.83. The number of morpholine rings is 1. The van der Waals surface area contributed by atoms with E-state index in [1.54, 1.807) is 0 Å². The quantitative estimate of drug-likeness (QED) is 0.235. The first kappa shape index (κ1) is 29.2. The molecule has 42 heavy (non-hydrogen) atoms. The number of fused-ring (bicyclic) bond motifs is 3. The van der Waals surface area contributed by atoms with Gasteiger partial charge in [0.2, 0.25) is 0 Å². The number of carbonyl (C=O) groups is 1. The minimum atomic E-state index is -0.439. The Balaban J connectivity index is 1.24. The van der Waals surface area contributed by atoms with Crippen molar-refractivity contribution in [3.05, 3.63) is 64.6 Å². The van der Waals surface area contributed by atoms with Crippen molar-refractivity contribution in [3.63, 3.8) is 0 Å². The third kappa shape index (κ3) is 6.23. The number of esters is 1. The van der Waals surface area contributed by atoms with Gasteiger partial charge in [0.05, 0.1) is 24.5 Å². The van der Waals surface area contributed by atoms with Gasteiger partial charge in [-0.2, -0.15) is 0 Å². The number of piperidine rings is 1. The molecule has 0 aromatic heterocycles. The van der Waals surface area contributed by atoms with Gasteiger partial charge in [0.1, 0.15) is 22.9 Å². The molecule has 0 spiro atoms. The SMILES string of the molecule is CC(CCCc1ccc(F)cc1)c1cc(OC(=O)CCCN2CCOCC2)c2c(c1)OC(C)(C)C1=C2C2CCN1CC2. The molecule has 2 saturated heterocycles. The smallest absolute Gasteiger partial charge is 0.311 e. The van der Waals surface area contributed by atoms with Crippen LogP contribution in [0.25, 0.3) is 5.57 Å². The molecule has 5 heterocycles. The fourth-order valence-electron chi connectivity index (χ4n) is 7.30. The zero-order chi connectivity index (χ0) is 29.3. The van der Waals surface area contributed by atoms with Gasteiger partial charge < -0.3 is 19.1 Å². The van der Waals surface area contributed by atoms with Gasteiger partial charge in [0.15, 0.2) is 0 Å². The summed E-state index contributed by atoms with van der Waals surface area (Å²) in [5, 5.41) is 0. The molecule has 2 fully saturated rings. The van der Waals surface area contributed by atoms with E-state index in [1.165, 1.54) is 23.4 Å². The molecule has 1 unspecified atom stereocenters. The first-order valence-corrected chi connectivity index (χ1v) is 15.9. The maximum absolute atomic E-state index is 13.3. The zero-order valence-electron chi connectivity index (χ0n) is 25.4. The fraction of sp³-hybridized carbons (Fsp3) is 0.571. The fourth-order valence-corrected chi connectivity index (χ4v) is 7.30. The highest BCUT2D eigenvalue weighted by molar-refractivity contribution is 5.85. The third-order valence-electron chi connectivity index (χ3n) is 9.54. The van der Waals surface area contributed by atoms with Crippen LogP contribution in [0.5, 0.6) is 11.5 Å². The van der Waals surface area contributed by atoms with E-state index in [-0.39, 0.29) is 17.7 Å². The number of benzene rings is 2. The summed E-state index contributed by atoms with van der Waals surface area (Å²) in [6, 6.07) is 11.1. The number of hydrogen-bond acceptors (Lipinski definition) is 6. The van der Waals surface area contributed by atoms with Crippen LogP contribution >= 0.6 is 0 Å². The predicted molar refractivity (Wildman–Crippen MR) is 162 cm³/mol. The maximum atomic E-state index is 13.3. The summed E-state index contributed by atoms with van der Waals surface area (Å²) in [6.07, 6.45) is 6.27. The lowest BCUT2D eigenvalue weighted by Gasteiger charge is -2.51. The minimum absolute atomic E-state index is 0.181. The second-order valence-corrected chi connectivity index (χ2v) is 13.0.